The number of nitrogens with zero attached hydrogens (tertiary/aromatic N) is 5. The Morgan fingerprint density at radius 2 is 1.83 bits per heavy atom. The first-order valence-electron chi connectivity index (χ1n) is 9.25. The van der Waals surface area contributed by atoms with E-state index in [4.69, 9.17) is 9.72 Å². The molecule has 0 atom stereocenters. The molecule has 0 aliphatic rings. The Labute approximate surface area is 170 Å². The highest BCUT2D eigenvalue weighted by Gasteiger charge is 2.15. The number of hydrogen-bond donors (Lipinski definition) is 1. The van der Waals surface area contributed by atoms with Crippen LogP contribution in [0.2, 0.25) is 0 Å². The third kappa shape index (κ3) is 3.10. The molecular formula is C22H16N6O2. The first-order valence-corrected chi connectivity index (χ1v) is 9.25. The van der Waals surface area contributed by atoms with E-state index in [0.717, 1.165) is 16.5 Å². The van der Waals surface area contributed by atoms with Gasteiger partial charge in [-0.25, -0.2) is 15.0 Å². The molecule has 5 rings (SSSR count). The molecule has 0 fully saturated rings. The Morgan fingerprint density at radius 1 is 0.967 bits per heavy atom. The molecule has 3 aromatic heterocycles. The van der Waals surface area contributed by atoms with Crippen molar-refractivity contribution in [1.82, 2.24) is 24.6 Å². The molecule has 0 unspecified atom stereocenters. The standard InChI is InChI=1S/C22H16N6O2/c1-30-15-8-6-7-14(13-15)19-26-20-16-9-2-3-10-17(16)24-22(28(20)27-19)25-18-11-4-5-12-23-21(18)29/h2-13H,1H3,(H,23,24,25,29). The second-order valence-electron chi connectivity index (χ2n) is 6.53. The number of anilines is 2. The minimum atomic E-state index is -0.392. The van der Waals surface area contributed by atoms with E-state index in [0.29, 0.717) is 28.9 Å². The minimum absolute atomic E-state index is 0.294. The largest absolute Gasteiger partial charge is 0.497 e. The van der Waals surface area contributed by atoms with Crippen LogP contribution >= 0.6 is 0 Å². The molecule has 1 N–H and O–H groups in total. The Kier molecular flexibility index (Phi) is 4.29. The maximum Gasteiger partial charge on any atom is 0.293 e. The maximum atomic E-state index is 12.3. The molecular weight excluding hydrogens is 380 g/mol. The van der Waals surface area contributed by atoms with Crippen LogP contribution in [0, 0.1) is 0 Å². The summed E-state index contributed by atoms with van der Waals surface area (Å²) >= 11 is 0. The van der Waals surface area contributed by atoms with Gasteiger partial charge in [-0.15, -0.1) is 5.10 Å². The Balaban J connectivity index is 1.74. The third-order valence-corrected chi connectivity index (χ3v) is 4.64. The fraction of sp³-hybridized carbons (Fsp3) is 0.0455. The highest BCUT2D eigenvalue weighted by Crippen LogP contribution is 2.26. The third-order valence-electron chi connectivity index (χ3n) is 4.64. The van der Waals surface area contributed by atoms with Gasteiger partial charge in [0.15, 0.2) is 11.5 Å². The van der Waals surface area contributed by atoms with Gasteiger partial charge >= 0.3 is 0 Å². The topological polar surface area (TPSA) is 94.3 Å². The number of ether oxygens (including phenoxy) is 1. The van der Waals surface area contributed by atoms with E-state index in [1.165, 1.54) is 6.20 Å². The molecule has 0 aliphatic carbocycles. The second kappa shape index (κ2) is 7.25. The van der Waals surface area contributed by atoms with Crippen LogP contribution < -0.4 is 15.6 Å². The predicted molar refractivity (Wildman–Crippen MR) is 114 cm³/mol. The van der Waals surface area contributed by atoms with Gasteiger partial charge in [-0.1, -0.05) is 30.3 Å². The lowest BCUT2D eigenvalue weighted by molar-refractivity contribution is 0.415. The molecule has 0 aliphatic heterocycles. The van der Waals surface area contributed by atoms with Crippen LogP contribution in [0.4, 0.5) is 11.6 Å². The van der Waals surface area contributed by atoms with Crippen LogP contribution in [0.5, 0.6) is 5.75 Å². The normalized spacial score (nSPS) is 11.0. The molecule has 0 saturated carbocycles. The molecule has 146 valence electrons. The summed E-state index contributed by atoms with van der Waals surface area (Å²) in [6, 6.07) is 20.3. The maximum absolute atomic E-state index is 12.3. The lowest BCUT2D eigenvalue weighted by atomic mass is 10.2. The van der Waals surface area contributed by atoms with Crippen molar-refractivity contribution >= 4 is 28.2 Å². The molecule has 2 aromatic carbocycles. The first-order chi connectivity index (χ1) is 14.7. The van der Waals surface area contributed by atoms with Gasteiger partial charge in [0.05, 0.1) is 12.6 Å². The Morgan fingerprint density at radius 3 is 2.73 bits per heavy atom. The number of benzene rings is 2. The lowest BCUT2D eigenvalue weighted by Gasteiger charge is -2.07. The van der Waals surface area contributed by atoms with Gasteiger partial charge in [-0.05, 0) is 36.4 Å². The van der Waals surface area contributed by atoms with Crippen molar-refractivity contribution in [2.24, 2.45) is 0 Å². The van der Waals surface area contributed by atoms with Crippen molar-refractivity contribution in [2.75, 3.05) is 12.4 Å². The van der Waals surface area contributed by atoms with E-state index in [2.05, 4.69) is 20.4 Å². The Hall–Kier alpha value is -4.33. The van der Waals surface area contributed by atoms with Crippen molar-refractivity contribution < 1.29 is 4.74 Å². The van der Waals surface area contributed by atoms with E-state index < -0.39 is 5.56 Å². The summed E-state index contributed by atoms with van der Waals surface area (Å²) in [5.74, 6) is 1.61. The van der Waals surface area contributed by atoms with Crippen molar-refractivity contribution in [1.29, 1.82) is 0 Å². The summed E-state index contributed by atoms with van der Waals surface area (Å²) in [4.78, 5) is 25.5. The fourth-order valence-electron chi connectivity index (χ4n) is 3.19. The molecule has 0 spiro atoms. The van der Waals surface area contributed by atoms with E-state index >= 15 is 0 Å². The molecule has 0 bridgehead atoms. The van der Waals surface area contributed by atoms with Crippen LogP contribution in [0.15, 0.2) is 77.7 Å². The summed E-state index contributed by atoms with van der Waals surface area (Å²) in [6.07, 6.45) is 1.45. The summed E-state index contributed by atoms with van der Waals surface area (Å²) in [7, 11) is 1.62. The number of hydrogen-bond acceptors (Lipinski definition) is 7. The van der Waals surface area contributed by atoms with Gasteiger partial charge in [-0.2, -0.15) is 4.52 Å². The average molecular weight is 396 g/mol. The SMILES string of the molecule is COc1cccc(-c2nc3c4ccccc4nc(Nc4ccccnc4=O)n3n2)c1. The molecule has 8 heteroatoms. The minimum Gasteiger partial charge on any atom is -0.497 e. The summed E-state index contributed by atoms with van der Waals surface area (Å²) in [5, 5.41) is 8.57. The highest BCUT2D eigenvalue weighted by atomic mass is 16.5. The molecule has 0 radical (unpaired) electrons. The van der Waals surface area contributed by atoms with E-state index in [-0.39, 0.29) is 0 Å². The quantitative estimate of drug-likeness (QED) is 0.497. The number of para-hydroxylation sites is 1. The lowest BCUT2D eigenvalue weighted by Crippen LogP contribution is -2.11. The van der Waals surface area contributed by atoms with Gasteiger partial charge in [0, 0.05) is 17.1 Å². The van der Waals surface area contributed by atoms with Crippen molar-refractivity contribution in [3.05, 3.63) is 83.3 Å². The van der Waals surface area contributed by atoms with Crippen molar-refractivity contribution in [2.45, 2.75) is 0 Å². The van der Waals surface area contributed by atoms with Gasteiger partial charge in [0.2, 0.25) is 5.95 Å². The predicted octanol–water partition coefficient (Wildman–Crippen LogP) is 3.45. The van der Waals surface area contributed by atoms with Crippen molar-refractivity contribution in [3.63, 3.8) is 0 Å². The van der Waals surface area contributed by atoms with Gasteiger partial charge in [-0.3, -0.25) is 4.79 Å². The first kappa shape index (κ1) is 17.7. The number of nitrogens with one attached hydrogen (secondary N) is 1. The highest BCUT2D eigenvalue weighted by molar-refractivity contribution is 5.93. The zero-order valence-corrected chi connectivity index (χ0v) is 16.0. The van der Waals surface area contributed by atoms with Crippen LogP contribution in [0.3, 0.4) is 0 Å². The monoisotopic (exact) mass is 396 g/mol. The summed E-state index contributed by atoms with van der Waals surface area (Å²) < 4.78 is 6.92. The number of methoxy groups -OCH3 is 1. The second-order valence-corrected chi connectivity index (χ2v) is 6.53. The van der Waals surface area contributed by atoms with E-state index in [1.807, 2.05) is 48.5 Å². The fourth-order valence-corrected chi connectivity index (χ4v) is 3.19. The van der Waals surface area contributed by atoms with E-state index in [9.17, 15) is 4.79 Å². The van der Waals surface area contributed by atoms with Crippen LogP contribution in [0.25, 0.3) is 27.9 Å². The van der Waals surface area contributed by atoms with Gasteiger partial charge in [0.1, 0.15) is 11.4 Å². The number of aromatic nitrogens is 5. The molecule has 8 nitrogen and oxygen atoms in total. The van der Waals surface area contributed by atoms with Crippen LogP contribution in [0.1, 0.15) is 0 Å². The zero-order valence-electron chi connectivity index (χ0n) is 16.0. The summed E-state index contributed by atoms with van der Waals surface area (Å²) in [5.41, 5.74) is 2.07. The van der Waals surface area contributed by atoms with Crippen LogP contribution in [-0.4, -0.2) is 31.7 Å². The Bertz CT molecular complexity index is 1450. The number of rotatable bonds is 4. The molecule has 0 saturated heterocycles. The summed E-state index contributed by atoms with van der Waals surface area (Å²) in [6.45, 7) is 0. The molecule has 30 heavy (non-hydrogen) atoms. The average Bonchev–Trinajstić information content (AvgIpc) is 3.14. The smallest absolute Gasteiger partial charge is 0.293 e. The van der Waals surface area contributed by atoms with Crippen LogP contribution in [-0.2, 0) is 0 Å². The van der Waals surface area contributed by atoms with Gasteiger partial charge < -0.3 is 10.1 Å². The van der Waals surface area contributed by atoms with Crippen molar-refractivity contribution in [3.8, 4) is 17.1 Å². The van der Waals surface area contributed by atoms with Gasteiger partial charge in [0.25, 0.3) is 5.56 Å². The molecule has 3 heterocycles. The number of fused-ring (bicyclic) bond motifs is 3. The zero-order chi connectivity index (χ0) is 20.5. The molecule has 5 aromatic rings. The molecule has 0 amide bonds. The van der Waals surface area contributed by atoms with E-state index in [1.54, 1.807) is 29.8 Å².